The second-order valence-corrected chi connectivity index (χ2v) is 5.93. The SMILES string of the molecule is COc1cc(/C=C/C2=NOC(CO)CN2C)ccc1-n1cnc(C)c1. The summed E-state index contributed by atoms with van der Waals surface area (Å²) in [5, 5.41) is 13.2. The van der Waals surface area contributed by atoms with Gasteiger partial charge in [0.15, 0.2) is 11.9 Å². The van der Waals surface area contributed by atoms with Crippen LogP contribution in [0.5, 0.6) is 5.75 Å². The van der Waals surface area contributed by atoms with Gasteiger partial charge < -0.3 is 24.1 Å². The molecule has 2 aromatic rings. The molecule has 25 heavy (non-hydrogen) atoms. The number of hydrogen-bond donors (Lipinski definition) is 1. The van der Waals surface area contributed by atoms with E-state index in [-0.39, 0.29) is 12.7 Å². The summed E-state index contributed by atoms with van der Waals surface area (Å²) in [6.07, 6.45) is 7.27. The molecule has 1 N–H and O–H groups in total. The van der Waals surface area contributed by atoms with Crippen molar-refractivity contribution in [1.82, 2.24) is 14.5 Å². The minimum absolute atomic E-state index is 0.0444. The number of likely N-dealkylation sites (N-methyl/N-ethyl adjacent to an activating group) is 1. The lowest BCUT2D eigenvalue weighted by atomic mass is 10.1. The normalized spacial score (nSPS) is 17.5. The molecule has 0 bridgehead atoms. The van der Waals surface area contributed by atoms with Crippen LogP contribution in [0.3, 0.4) is 0 Å². The van der Waals surface area contributed by atoms with Gasteiger partial charge >= 0.3 is 0 Å². The van der Waals surface area contributed by atoms with Crippen molar-refractivity contribution in [2.45, 2.75) is 13.0 Å². The number of ether oxygens (including phenoxy) is 1. The van der Waals surface area contributed by atoms with Crippen molar-refractivity contribution in [3.8, 4) is 11.4 Å². The van der Waals surface area contributed by atoms with Crippen LogP contribution in [0.2, 0.25) is 0 Å². The van der Waals surface area contributed by atoms with Crippen LogP contribution in [-0.2, 0) is 4.84 Å². The summed E-state index contributed by atoms with van der Waals surface area (Å²) in [5.74, 6) is 1.47. The summed E-state index contributed by atoms with van der Waals surface area (Å²) in [5.41, 5.74) is 2.87. The molecule has 1 atom stereocenters. The van der Waals surface area contributed by atoms with Crippen LogP contribution >= 0.6 is 0 Å². The maximum absolute atomic E-state index is 9.12. The number of methoxy groups -OCH3 is 1. The van der Waals surface area contributed by atoms with E-state index in [1.807, 2.05) is 60.0 Å². The topological polar surface area (TPSA) is 72.1 Å². The maximum atomic E-state index is 9.12. The Hall–Kier alpha value is -2.80. The molecule has 1 aliphatic rings. The van der Waals surface area contributed by atoms with Crippen LogP contribution in [-0.4, -0.2) is 58.8 Å². The van der Waals surface area contributed by atoms with Gasteiger partial charge in [-0.3, -0.25) is 0 Å². The molecule has 3 rings (SSSR count). The van der Waals surface area contributed by atoms with Crippen molar-refractivity contribution in [3.05, 3.63) is 48.1 Å². The van der Waals surface area contributed by atoms with Gasteiger partial charge in [-0.2, -0.15) is 0 Å². The van der Waals surface area contributed by atoms with Crippen LogP contribution in [0.1, 0.15) is 11.3 Å². The number of imidazole rings is 1. The van der Waals surface area contributed by atoms with E-state index in [0.717, 1.165) is 22.7 Å². The number of amidine groups is 1. The molecule has 2 heterocycles. The average molecular weight is 342 g/mol. The van der Waals surface area contributed by atoms with Crippen molar-refractivity contribution in [3.63, 3.8) is 0 Å². The van der Waals surface area contributed by atoms with E-state index >= 15 is 0 Å². The Kier molecular flexibility index (Phi) is 5.04. The number of aromatic nitrogens is 2. The van der Waals surface area contributed by atoms with Gasteiger partial charge in [-0.25, -0.2) is 4.98 Å². The van der Waals surface area contributed by atoms with Gasteiger partial charge in [-0.05, 0) is 30.7 Å². The minimum atomic E-state index is -0.278. The zero-order valence-electron chi connectivity index (χ0n) is 14.6. The molecule has 1 aliphatic heterocycles. The lowest BCUT2D eigenvalue weighted by Crippen LogP contribution is -2.40. The van der Waals surface area contributed by atoms with Crippen LogP contribution in [0.4, 0.5) is 0 Å². The van der Waals surface area contributed by atoms with Crippen molar-refractivity contribution < 1.29 is 14.7 Å². The van der Waals surface area contributed by atoms with Gasteiger partial charge in [0.2, 0.25) is 0 Å². The first-order chi connectivity index (χ1) is 12.1. The van der Waals surface area contributed by atoms with Crippen LogP contribution in [0, 0.1) is 6.92 Å². The third kappa shape index (κ3) is 3.83. The Bertz CT molecular complexity index is 797. The summed E-state index contributed by atoms with van der Waals surface area (Å²) in [4.78, 5) is 11.4. The summed E-state index contributed by atoms with van der Waals surface area (Å²) >= 11 is 0. The second kappa shape index (κ2) is 7.40. The molecular weight excluding hydrogens is 320 g/mol. The highest BCUT2D eigenvalue weighted by molar-refractivity contribution is 5.96. The summed E-state index contributed by atoms with van der Waals surface area (Å²) in [7, 11) is 3.57. The largest absolute Gasteiger partial charge is 0.495 e. The van der Waals surface area contributed by atoms with Gasteiger partial charge in [0.25, 0.3) is 0 Å². The minimum Gasteiger partial charge on any atom is -0.495 e. The van der Waals surface area contributed by atoms with Gasteiger partial charge in [0.1, 0.15) is 5.75 Å². The Labute approximate surface area is 146 Å². The molecule has 7 nitrogen and oxygen atoms in total. The van der Waals surface area contributed by atoms with Crippen molar-refractivity contribution in [1.29, 1.82) is 0 Å². The molecule has 1 unspecified atom stereocenters. The van der Waals surface area contributed by atoms with Gasteiger partial charge in [0, 0.05) is 13.2 Å². The van der Waals surface area contributed by atoms with E-state index in [4.69, 9.17) is 14.7 Å². The van der Waals surface area contributed by atoms with Crippen LogP contribution in [0.15, 0.2) is 42.0 Å². The van der Waals surface area contributed by atoms with Crippen LogP contribution < -0.4 is 4.74 Å². The molecule has 0 saturated carbocycles. The standard InChI is InChI=1S/C18H22N4O3/c1-13-9-22(12-19-13)16-6-4-14(8-17(16)24-3)5-7-18-20-25-15(11-23)10-21(18)2/h4-9,12,15,23H,10-11H2,1-3H3/b7-5+. The van der Waals surface area contributed by atoms with E-state index in [9.17, 15) is 0 Å². The van der Waals surface area contributed by atoms with Crippen LogP contribution in [0.25, 0.3) is 11.8 Å². The molecule has 7 heteroatoms. The highest BCUT2D eigenvalue weighted by atomic mass is 16.6. The number of oxime groups is 1. The van der Waals surface area contributed by atoms with Gasteiger partial charge in [-0.1, -0.05) is 17.3 Å². The van der Waals surface area contributed by atoms with E-state index in [0.29, 0.717) is 12.4 Å². The molecule has 0 radical (unpaired) electrons. The van der Waals surface area contributed by atoms with Gasteiger partial charge in [-0.15, -0.1) is 0 Å². The number of benzene rings is 1. The van der Waals surface area contributed by atoms with Crippen molar-refractivity contribution >= 4 is 11.9 Å². The second-order valence-electron chi connectivity index (χ2n) is 5.93. The molecule has 0 saturated heterocycles. The summed E-state index contributed by atoms with van der Waals surface area (Å²) < 4.78 is 7.45. The first-order valence-corrected chi connectivity index (χ1v) is 8.03. The Morgan fingerprint density at radius 2 is 2.24 bits per heavy atom. The van der Waals surface area contributed by atoms with E-state index < -0.39 is 0 Å². The van der Waals surface area contributed by atoms with Crippen molar-refractivity contribution in [2.75, 3.05) is 27.3 Å². The van der Waals surface area contributed by atoms with E-state index in [2.05, 4.69) is 10.1 Å². The number of nitrogens with zero attached hydrogens (tertiary/aromatic N) is 4. The zero-order chi connectivity index (χ0) is 17.8. The Balaban J connectivity index is 1.81. The zero-order valence-corrected chi connectivity index (χ0v) is 14.6. The fraction of sp³-hybridized carbons (Fsp3) is 0.333. The number of aliphatic hydroxyl groups is 1. The number of hydrogen-bond acceptors (Lipinski definition) is 6. The molecular formula is C18H22N4O3. The Morgan fingerprint density at radius 3 is 2.88 bits per heavy atom. The number of aliphatic hydroxyl groups excluding tert-OH is 1. The number of rotatable bonds is 5. The molecule has 132 valence electrons. The fourth-order valence-electron chi connectivity index (χ4n) is 2.61. The first-order valence-electron chi connectivity index (χ1n) is 8.03. The number of aryl methyl sites for hydroxylation is 1. The fourth-order valence-corrected chi connectivity index (χ4v) is 2.61. The predicted octanol–water partition coefficient (Wildman–Crippen LogP) is 1.84. The lowest BCUT2D eigenvalue weighted by molar-refractivity contribution is -0.00839. The van der Waals surface area contributed by atoms with E-state index in [1.54, 1.807) is 13.4 Å². The molecule has 1 aromatic carbocycles. The maximum Gasteiger partial charge on any atom is 0.168 e. The third-order valence-corrected chi connectivity index (χ3v) is 3.99. The molecule has 1 aromatic heterocycles. The Morgan fingerprint density at radius 1 is 1.40 bits per heavy atom. The molecule has 0 spiro atoms. The highest BCUT2D eigenvalue weighted by Gasteiger charge is 2.19. The molecule has 0 amide bonds. The lowest BCUT2D eigenvalue weighted by Gasteiger charge is -2.27. The smallest absolute Gasteiger partial charge is 0.168 e. The monoisotopic (exact) mass is 342 g/mol. The van der Waals surface area contributed by atoms with Gasteiger partial charge in [0.05, 0.1) is 38.0 Å². The predicted molar refractivity (Wildman–Crippen MR) is 95.9 cm³/mol. The first kappa shape index (κ1) is 17.0. The molecule has 0 fully saturated rings. The van der Waals surface area contributed by atoms with E-state index in [1.165, 1.54) is 0 Å². The van der Waals surface area contributed by atoms with Crippen molar-refractivity contribution in [2.24, 2.45) is 5.16 Å². The highest BCUT2D eigenvalue weighted by Crippen LogP contribution is 2.25. The quantitative estimate of drug-likeness (QED) is 0.898. The summed E-state index contributed by atoms with van der Waals surface area (Å²) in [6, 6.07) is 5.96. The average Bonchev–Trinajstić information content (AvgIpc) is 3.06. The third-order valence-electron chi connectivity index (χ3n) is 3.99. The molecule has 0 aliphatic carbocycles. The summed E-state index contributed by atoms with van der Waals surface area (Å²) in [6.45, 7) is 2.50.